The molecule has 0 aliphatic heterocycles. The van der Waals surface area contributed by atoms with Crippen LogP contribution in [0.1, 0.15) is 67.6 Å². The zero-order chi connectivity index (χ0) is 13.5. The smallest absolute Gasteiger partial charge is 0.234 e. The number of aromatic nitrogens is 4. The van der Waals surface area contributed by atoms with Gasteiger partial charge in [0.1, 0.15) is 5.01 Å². The van der Waals surface area contributed by atoms with Gasteiger partial charge in [-0.2, -0.15) is 9.61 Å². The average Bonchev–Trinajstić information content (AvgIpc) is 2.99. The first kappa shape index (κ1) is 12.7. The second-order valence-corrected chi connectivity index (χ2v) is 7.26. The zero-order valence-corrected chi connectivity index (χ0v) is 12.5. The normalized spacial score (nSPS) is 27.9. The lowest BCUT2D eigenvalue weighted by atomic mass is 9.82. The topological polar surface area (TPSA) is 69.1 Å². The fraction of sp³-hybridized carbons (Fsp3) is 0.786. The lowest BCUT2D eigenvalue weighted by molar-refractivity contribution is 0.330. The first-order chi connectivity index (χ1) is 9.85. The molecule has 0 unspecified atom stereocenters. The molecule has 2 aromatic heterocycles. The van der Waals surface area contributed by atoms with Crippen molar-refractivity contribution in [2.45, 2.75) is 56.8 Å². The molecule has 2 fully saturated rings. The van der Waals surface area contributed by atoms with E-state index in [9.17, 15) is 0 Å². The van der Waals surface area contributed by atoms with Gasteiger partial charge in [0.15, 0.2) is 5.82 Å². The minimum Gasteiger partial charge on any atom is -0.330 e. The summed E-state index contributed by atoms with van der Waals surface area (Å²) in [4.78, 5) is 0.975. The summed E-state index contributed by atoms with van der Waals surface area (Å²) in [6.45, 7) is 0.837. The van der Waals surface area contributed by atoms with Crippen molar-refractivity contribution in [1.29, 1.82) is 0 Å². The standard InChI is InChI=1S/C14H21N5S/c15-8-9-4-6-11(7-5-9)13-18-19-12(10-2-1-3-10)16-17-14(19)20-13/h9-11H,1-8,15H2. The first-order valence-electron chi connectivity index (χ1n) is 7.77. The molecular formula is C14H21N5S. The SMILES string of the molecule is NCC1CCC(c2nn3c(C4CCC4)nnc3s2)CC1. The predicted octanol–water partition coefficient (Wildman–Crippen LogP) is 2.69. The Kier molecular flexibility index (Phi) is 3.22. The first-order valence-corrected chi connectivity index (χ1v) is 8.59. The van der Waals surface area contributed by atoms with Gasteiger partial charge in [-0.3, -0.25) is 0 Å². The second-order valence-electron chi connectivity index (χ2n) is 6.27. The van der Waals surface area contributed by atoms with Crippen LogP contribution in [0.3, 0.4) is 0 Å². The van der Waals surface area contributed by atoms with E-state index in [-0.39, 0.29) is 0 Å². The van der Waals surface area contributed by atoms with Crippen molar-refractivity contribution >= 4 is 16.3 Å². The van der Waals surface area contributed by atoms with Crippen LogP contribution in [0.2, 0.25) is 0 Å². The van der Waals surface area contributed by atoms with Gasteiger partial charge in [0.25, 0.3) is 0 Å². The van der Waals surface area contributed by atoms with Gasteiger partial charge in [0.05, 0.1) is 0 Å². The molecule has 2 aliphatic rings. The highest BCUT2D eigenvalue weighted by molar-refractivity contribution is 7.16. The van der Waals surface area contributed by atoms with E-state index in [1.807, 2.05) is 4.52 Å². The van der Waals surface area contributed by atoms with Gasteiger partial charge in [0, 0.05) is 11.8 Å². The van der Waals surface area contributed by atoms with Crippen LogP contribution in [-0.4, -0.2) is 26.4 Å². The van der Waals surface area contributed by atoms with Crippen LogP contribution < -0.4 is 5.73 Å². The van der Waals surface area contributed by atoms with Crippen molar-refractivity contribution in [3.05, 3.63) is 10.8 Å². The van der Waals surface area contributed by atoms with E-state index in [4.69, 9.17) is 10.8 Å². The average molecular weight is 291 g/mol. The molecule has 0 radical (unpaired) electrons. The molecule has 0 bridgehead atoms. The Balaban J connectivity index is 1.57. The summed E-state index contributed by atoms with van der Waals surface area (Å²) < 4.78 is 2.01. The predicted molar refractivity (Wildman–Crippen MR) is 79.0 cm³/mol. The van der Waals surface area contributed by atoms with Crippen LogP contribution >= 0.6 is 11.3 Å². The highest BCUT2D eigenvalue weighted by Gasteiger charge is 2.28. The molecule has 0 spiro atoms. The van der Waals surface area contributed by atoms with Crippen LogP contribution in [0.25, 0.3) is 4.96 Å². The number of nitrogens with two attached hydrogens (primary N) is 1. The summed E-state index contributed by atoms with van der Waals surface area (Å²) in [6.07, 6.45) is 8.76. The molecular weight excluding hydrogens is 270 g/mol. The van der Waals surface area contributed by atoms with Crippen LogP contribution in [0.15, 0.2) is 0 Å². The van der Waals surface area contributed by atoms with Crippen molar-refractivity contribution in [3.8, 4) is 0 Å². The van der Waals surface area contributed by atoms with E-state index in [0.717, 1.165) is 23.2 Å². The van der Waals surface area contributed by atoms with E-state index < -0.39 is 0 Å². The van der Waals surface area contributed by atoms with Crippen molar-refractivity contribution in [2.24, 2.45) is 11.7 Å². The van der Waals surface area contributed by atoms with Gasteiger partial charge in [-0.1, -0.05) is 17.8 Å². The summed E-state index contributed by atoms with van der Waals surface area (Å²) in [7, 11) is 0. The molecule has 108 valence electrons. The quantitative estimate of drug-likeness (QED) is 0.944. The van der Waals surface area contributed by atoms with Gasteiger partial charge in [-0.25, -0.2) is 0 Å². The lowest BCUT2D eigenvalue weighted by Crippen LogP contribution is -2.20. The Bertz CT molecular complexity index is 592. The molecule has 20 heavy (non-hydrogen) atoms. The van der Waals surface area contributed by atoms with E-state index in [0.29, 0.717) is 11.8 Å². The van der Waals surface area contributed by atoms with Crippen LogP contribution in [0, 0.1) is 5.92 Å². The van der Waals surface area contributed by atoms with Crippen LogP contribution in [0.4, 0.5) is 0 Å². The fourth-order valence-electron chi connectivity index (χ4n) is 3.38. The Morgan fingerprint density at radius 3 is 2.50 bits per heavy atom. The fourth-order valence-corrected chi connectivity index (χ4v) is 4.39. The van der Waals surface area contributed by atoms with Crippen molar-refractivity contribution in [3.63, 3.8) is 0 Å². The molecule has 2 heterocycles. The third-order valence-corrected chi connectivity index (χ3v) is 6.09. The molecule has 0 aromatic carbocycles. The molecule has 5 nitrogen and oxygen atoms in total. The molecule has 2 aliphatic carbocycles. The van der Waals surface area contributed by atoms with Crippen molar-refractivity contribution in [2.75, 3.05) is 6.54 Å². The lowest BCUT2D eigenvalue weighted by Gasteiger charge is -2.26. The Morgan fingerprint density at radius 1 is 1.05 bits per heavy atom. The zero-order valence-electron chi connectivity index (χ0n) is 11.7. The summed E-state index contributed by atoms with van der Waals surface area (Å²) in [6, 6.07) is 0. The molecule has 0 saturated heterocycles. The number of fused-ring (bicyclic) bond motifs is 1. The number of hydrogen-bond acceptors (Lipinski definition) is 5. The Hall–Kier alpha value is -1.01. The van der Waals surface area contributed by atoms with Gasteiger partial charge in [0.2, 0.25) is 4.96 Å². The van der Waals surface area contributed by atoms with E-state index in [1.54, 1.807) is 11.3 Å². The molecule has 2 saturated carbocycles. The van der Waals surface area contributed by atoms with Gasteiger partial charge >= 0.3 is 0 Å². The number of hydrogen-bond donors (Lipinski definition) is 1. The minimum atomic E-state index is 0.591. The molecule has 6 heteroatoms. The van der Waals surface area contributed by atoms with E-state index >= 15 is 0 Å². The summed E-state index contributed by atoms with van der Waals surface area (Å²) >= 11 is 1.73. The van der Waals surface area contributed by atoms with Crippen LogP contribution in [0.5, 0.6) is 0 Å². The third kappa shape index (κ3) is 2.05. The third-order valence-electron chi connectivity index (χ3n) is 5.03. The summed E-state index contributed by atoms with van der Waals surface area (Å²) in [5, 5.41) is 14.7. The molecule has 0 atom stereocenters. The molecule has 4 rings (SSSR count). The number of nitrogens with zero attached hydrogens (tertiary/aromatic N) is 4. The highest BCUT2D eigenvalue weighted by Crippen LogP contribution is 2.39. The monoisotopic (exact) mass is 291 g/mol. The molecule has 2 N–H and O–H groups in total. The highest BCUT2D eigenvalue weighted by atomic mass is 32.1. The van der Waals surface area contributed by atoms with E-state index in [2.05, 4.69) is 10.2 Å². The maximum absolute atomic E-state index is 5.77. The number of rotatable bonds is 3. The van der Waals surface area contributed by atoms with Gasteiger partial charge in [-0.05, 0) is 51.0 Å². The summed E-state index contributed by atoms with van der Waals surface area (Å²) in [5.74, 6) is 3.01. The second kappa shape index (κ2) is 5.07. The van der Waals surface area contributed by atoms with Gasteiger partial charge < -0.3 is 5.73 Å². The van der Waals surface area contributed by atoms with Gasteiger partial charge in [-0.15, -0.1) is 10.2 Å². The minimum absolute atomic E-state index is 0.591. The Morgan fingerprint density at radius 2 is 1.85 bits per heavy atom. The van der Waals surface area contributed by atoms with Crippen molar-refractivity contribution in [1.82, 2.24) is 19.8 Å². The maximum Gasteiger partial charge on any atom is 0.234 e. The largest absolute Gasteiger partial charge is 0.330 e. The molecule has 2 aromatic rings. The maximum atomic E-state index is 5.77. The van der Waals surface area contributed by atoms with Crippen molar-refractivity contribution < 1.29 is 0 Å². The molecule has 0 amide bonds. The Labute approximate surface area is 122 Å². The van der Waals surface area contributed by atoms with Crippen LogP contribution in [-0.2, 0) is 0 Å². The van der Waals surface area contributed by atoms with E-state index in [1.165, 1.54) is 50.0 Å². The summed E-state index contributed by atoms with van der Waals surface area (Å²) in [5.41, 5.74) is 5.77.